The van der Waals surface area contributed by atoms with Crippen LogP contribution in [0, 0.1) is 5.82 Å². The molecule has 3 nitrogen and oxygen atoms in total. The van der Waals surface area contributed by atoms with Crippen molar-refractivity contribution in [2.45, 2.75) is 6.61 Å². The van der Waals surface area contributed by atoms with Crippen molar-refractivity contribution in [3.63, 3.8) is 0 Å². The molecule has 0 spiro atoms. The molecule has 0 saturated heterocycles. The van der Waals surface area contributed by atoms with Crippen molar-refractivity contribution in [2.75, 3.05) is 0 Å². The molecule has 2 aromatic carbocycles. The molecule has 1 aromatic heterocycles. The summed E-state index contributed by atoms with van der Waals surface area (Å²) in [5.41, 5.74) is 0.668. The van der Waals surface area contributed by atoms with Crippen LogP contribution in [0.2, 0.25) is 0 Å². The Bertz CT molecular complexity index is 758. The quantitative estimate of drug-likeness (QED) is 0.789. The first-order chi connectivity index (χ1) is 9.70. The number of ether oxygens (including phenoxy) is 1. The number of nitrogens with zero attached hydrogens (tertiary/aromatic N) is 1. The number of phenols is 1. The van der Waals surface area contributed by atoms with Crippen LogP contribution in [0.25, 0.3) is 10.8 Å². The van der Waals surface area contributed by atoms with Crippen molar-refractivity contribution in [2.24, 2.45) is 0 Å². The van der Waals surface area contributed by atoms with Crippen LogP contribution in [0.3, 0.4) is 0 Å². The molecule has 3 rings (SSSR count). The SMILES string of the molecule is Oc1ccc2ccc(OCc3cncc(F)c3)cc2c1. The highest BCUT2D eigenvalue weighted by molar-refractivity contribution is 5.85. The normalized spacial score (nSPS) is 10.7. The van der Waals surface area contributed by atoms with E-state index < -0.39 is 0 Å². The van der Waals surface area contributed by atoms with E-state index in [1.807, 2.05) is 24.3 Å². The average molecular weight is 269 g/mol. The van der Waals surface area contributed by atoms with Gasteiger partial charge >= 0.3 is 0 Å². The fourth-order valence-corrected chi connectivity index (χ4v) is 2.00. The molecule has 20 heavy (non-hydrogen) atoms. The van der Waals surface area contributed by atoms with Gasteiger partial charge in [-0.15, -0.1) is 0 Å². The van der Waals surface area contributed by atoms with Crippen molar-refractivity contribution >= 4 is 10.8 Å². The Hall–Kier alpha value is -2.62. The molecule has 0 aliphatic carbocycles. The first-order valence-corrected chi connectivity index (χ1v) is 6.16. The molecule has 100 valence electrons. The molecule has 3 aromatic rings. The van der Waals surface area contributed by atoms with Crippen LogP contribution < -0.4 is 4.74 Å². The summed E-state index contributed by atoms with van der Waals surface area (Å²) in [7, 11) is 0. The van der Waals surface area contributed by atoms with Gasteiger partial charge in [-0.1, -0.05) is 12.1 Å². The van der Waals surface area contributed by atoms with Gasteiger partial charge in [-0.3, -0.25) is 4.98 Å². The number of benzene rings is 2. The number of hydrogen-bond acceptors (Lipinski definition) is 3. The second kappa shape index (κ2) is 5.17. The highest BCUT2D eigenvalue weighted by Gasteiger charge is 2.01. The zero-order valence-corrected chi connectivity index (χ0v) is 10.6. The Balaban J connectivity index is 1.80. The first kappa shape index (κ1) is 12.4. The van der Waals surface area contributed by atoms with Crippen LogP contribution in [0.5, 0.6) is 11.5 Å². The van der Waals surface area contributed by atoms with Gasteiger partial charge in [0.25, 0.3) is 0 Å². The van der Waals surface area contributed by atoms with Gasteiger partial charge in [0.05, 0.1) is 6.20 Å². The fourth-order valence-electron chi connectivity index (χ4n) is 2.00. The van der Waals surface area contributed by atoms with Gasteiger partial charge in [0.2, 0.25) is 0 Å². The molecule has 0 amide bonds. The smallest absolute Gasteiger partial charge is 0.141 e. The fraction of sp³-hybridized carbons (Fsp3) is 0.0625. The molecule has 1 N–H and O–H groups in total. The van der Waals surface area contributed by atoms with Crippen molar-refractivity contribution < 1.29 is 14.2 Å². The molecule has 0 aliphatic heterocycles. The van der Waals surface area contributed by atoms with Crippen LogP contribution in [0.15, 0.2) is 54.9 Å². The molecule has 0 fully saturated rings. The van der Waals surface area contributed by atoms with E-state index in [1.54, 1.807) is 18.3 Å². The van der Waals surface area contributed by atoms with Crippen LogP contribution in [-0.2, 0) is 6.61 Å². The standard InChI is InChI=1S/C16H12FNO2/c17-14-5-11(8-18-9-14)10-20-16-4-2-12-1-3-15(19)6-13(12)7-16/h1-9,19H,10H2. The molecular formula is C16H12FNO2. The number of hydrogen-bond donors (Lipinski definition) is 1. The van der Waals surface area contributed by atoms with Crippen molar-refractivity contribution in [1.82, 2.24) is 4.98 Å². The van der Waals surface area contributed by atoms with Crippen LogP contribution in [0.4, 0.5) is 4.39 Å². The molecule has 0 bridgehead atoms. The number of halogens is 1. The number of fused-ring (bicyclic) bond motifs is 1. The highest BCUT2D eigenvalue weighted by Crippen LogP contribution is 2.24. The maximum Gasteiger partial charge on any atom is 0.141 e. The lowest BCUT2D eigenvalue weighted by molar-refractivity contribution is 0.305. The number of pyridine rings is 1. The van der Waals surface area contributed by atoms with Crippen molar-refractivity contribution in [3.05, 3.63) is 66.2 Å². The number of phenolic OH excluding ortho intramolecular Hbond substituents is 1. The zero-order chi connectivity index (χ0) is 13.9. The maximum absolute atomic E-state index is 13.0. The van der Waals surface area contributed by atoms with Gasteiger partial charge < -0.3 is 9.84 Å². The Labute approximate surface area is 115 Å². The summed E-state index contributed by atoms with van der Waals surface area (Å²) in [4.78, 5) is 3.77. The number of aromatic hydroxyl groups is 1. The van der Waals surface area contributed by atoms with Crippen LogP contribution in [0.1, 0.15) is 5.56 Å². The van der Waals surface area contributed by atoms with Gasteiger partial charge in [-0.2, -0.15) is 0 Å². The summed E-state index contributed by atoms with van der Waals surface area (Å²) in [5, 5.41) is 11.4. The Morgan fingerprint density at radius 2 is 1.85 bits per heavy atom. The van der Waals surface area contributed by atoms with Crippen molar-refractivity contribution in [1.29, 1.82) is 0 Å². The molecule has 0 saturated carbocycles. The summed E-state index contributed by atoms with van der Waals surface area (Å²) < 4.78 is 18.6. The predicted octanol–water partition coefficient (Wildman–Crippen LogP) is 3.66. The number of aromatic nitrogens is 1. The Morgan fingerprint density at radius 1 is 1.00 bits per heavy atom. The van der Waals surface area contributed by atoms with E-state index in [4.69, 9.17) is 4.74 Å². The summed E-state index contributed by atoms with van der Waals surface area (Å²) in [6.07, 6.45) is 2.72. The Kier molecular flexibility index (Phi) is 3.21. The number of rotatable bonds is 3. The minimum absolute atomic E-state index is 0.212. The van der Waals surface area contributed by atoms with E-state index >= 15 is 0 Å². The molecule has 0 aliphatic rings. The van der Waals surface area contributed by atoms with E-state index in [-0.39, 0.29) is 18.2 Å². The van der Waals surface area contributed by atoms with Crippen LogP contribution >= 0.6 is 0 Å². The van der Waals surface area contributed by atoms with Crippen LogP contribution in [-0.4, -0.2) is 10.1 Å². The molecule has 0 unspecified atom stereocenters. The monoisotopic (exact) mass is 269 g/mol. The summed E-state index contributed by atoms with van der Waals surface area (Å²) in [5.74, 6) is 0.492. The molecular weight excluding hydrogens is 257 g/mol. The summed E-state index contributed by atoms with van der Waals surface area (Å²) >= 11 is 0. The second-order valence-electron chi connectivity index (χ2n) is 4.49. The molecule has 0 atom stereocenters. The second-order valence-corrected chi connectivity index (χ2v) is 4.49. The first-order valence-electron chi connectivity index (χ1n) is 6.16. The largest absolute Gasteiger partial charge is 0.508 e. The lowest BCUT2D eigenvalue weighted by atomic mass is 10.1. The third-order valence-electron chi connectivity index (χ3n) is 2.96. The van der Waals surface area contributed by atoms with E-state index in [0.717, 1.165) is 17.0 Å². The van der Waals surface area contributed by atoms with Crippen molar-refractivity contribution in [3.8, 4) is 11.5 Å². The summed E-state index contributed by atoms with van der Waals surface area (Å²) in [6, 6.07) is 12.1. The molecule has 0 radical (unpaired) electrons. The molecule has 4 heteroatoms. The lowest BCUT2D eigenvalue weighted by Crippen LogP contribution is -1.96. The van der Waals surface area contributed by atoms with Gasteiger partial charge in [-0.05, 0) is 41.1 Å². The van der Waals surface area contributed by atoms with Gasteiger partial charge in [0.1, 0.15) is 23.9 Å². The van der Waals surface area contributed by atoms with E-state index in [2.05, 4.69) is 4.98 Å². The van der Waals surface area contributed by atoms with E-state index in [0.29, 0.717) is 11.3 Å². The summed E-state index contributed by atoms with van der Waals surface area (Å²) in [6.45, 7) is 0.245. The average Bonchev–Trinajstić information content (AvgIpc) is 2.45. The van der Waals surface area contributed by atoms with Gasteiger partial charge in [-0.25, -0.2) is 4.39 Å². The minimum Gasteiger partial charge on any atom is -0.508 e. The molecule has 1 heterocycles. The zero-order valence-electron chi connectivity index (χ0n) is 10.6. The Morgan fingerprint density at radius 3 is 2.70 bits per heavy atom. The lowest BCUT2D eigenvalue weighted by Gasteiger charge is -2.07. The van der Waals surface area contributed by atoms with E-state index in [1.165, 1.54) is 6.07 Å². The van der Waals surface area contributed by atoms with Gasteiger partial charge in [0, 0.05) is 11.8 Å². The van der Waals surface area contributed by atoms with E-state index in [9.17, 15) is 9.50 Å². The van der Waals surface area contributed by atoms with Gasteiger partial charge in [0.15, 0.2) is 0 Å². The topological polar surface area (TPSA) is 42.4 Å². The predicted molar refractivity (Wildman–Crippen MR) is 74.1 cm³/mol. The minimum atomic E-state index is -0.380. The highest BCUT2D eigenvalue weighted by atomic mass is 19.1. The maximum atomic E-state index is 13.0. The third kappa shape index (κ3) is 2.69. The third-order valence-corrected chi connectivity index (χ3v) is 2.96.